The van der Waals surface area contributed by atoms with Gasteiger partial charge < -0.3 is 4.98 Å². The van der Waals surface area contributed by atoms with Crippen molar-refractivity contribution in [1.82, 2.24) is 9.88 Å². The average molecular weight is 348 g/mol. The number of aromatic nitrogens is 1. The molecule has 0 bridgehead atoms. The highest BCUT2D eigenvalue weighted by Gasteiger charge is 2.28. The van der Waals surface area contributed by atoms with Gasteiger partial charge in [-0.1, -0.05) is 23.7 Å². The van der Waals surface area contributed by atoms with Crippen molar-refractivity contribution in [3.8, 4) is 0 Å². The maximum Gasteiger partial charge on any atom is 0.279 e. The second-order valence-electron chi connectivity index (χ2n) is 5.70. The third-order valence-electron chi connectivity index (χ3n) is 4.00. The molecule has 1 atom stereocenters. The molecule has 1 unspecified atom stereocenters. The van der Waals surface area contributed by atoms with E-state index in [1.165, 1.54) is 18.2 Å². The molecule has 0 saturated heterocycles. The second kappa shape index (κ2) is 6.22. The number of H-pyrrole nitrogens is 1. The molecule has 0 fully saturated rings. The molecule has 124 valence electrons. The fraction of sp³-hybridized carbons (Fsp3) is 0.176. The van der Waals surface area contributed by atoms with Gasteiger partial charge in [0.25, 0.3) is 5.69 Å². The zero-order chi connectivity index (χ0) is 17.4. The van der Waals surface area contributed by atoms with Crippen LogP contribution in [0.3, 0.4) is 0 Å². The minimum atomic E-state index is -0.562. The summed E-state index contributed by atoms with van der Waals surface area (Å²) in [6.07, 6.45) is 1.67. The Labute approximate surface area is 142 Å². The lowest BCUT2D eigenvalue weighted by Crippen LogP contribution is -2.22. The molecule has 1 N–H and O–H groups in total. The first-order valence-corrected chi connectivity index (χ1v) is 7.64. The number of benzene rings is 2. The summed E-state index contributed by atoms with van der Waals surface area (Å²) in [5, 5.41) is 12.1. The van der Waals surface area contributed by atoms with Crippen LogP contribution >= 0.6 is 11.6 Å². The van der Waals surface area contributed by atoms with Gasteiger partial charge in [-0.25, -0.2) is 4.39 Å². The van der Waals surface area contributed by atoms with Gasteiger partial charge in [0.15, 0.2) is 0 Å². The number of non-ortho nitro benzene ring substituents is 1. The first-order chi connectivity index (χ1) is 11.4. The fourth-order valence-corrected chi connectivity index (χ4v) is 3.29. The Morgan fingerprint density at radius 3 is 2.58 bits per heavy atom. The fourth-order valence-electron chi connectivity index (χ4n) is 3.02. The molecule has 0 aliphatic rings. The standard InChI is InChI=1S/C17H15ClFN3O2/c1-21(2)17(16-11(18)5-3-6-12(16)19)10-9-20-13-7-4-8-14(15(10)13)22(23)24/h3-9,17,20H,1-2H3. The number of nitrogens with one attached hydrogen (secondary N) is 1. The predicted molar refractivity (Wildman–Crippen MR) is 91.9 cm³/mol. The molecule has 0 aliphatic carbocycles. The van der Waals surface area contributed by atoms with Crippen molar-refractivity contribution in [2.45, 2.75) is 6.04 Å². The molecule has 24 heavy (non-hydrogen) atoms. The third-order valence-corrected chi connectivity index (χ3v) is 4.32. The van der Waals surface area contributed by atoms with Crippen LogP contribution in [0, 0.1) is 15.9 Å². The summed E-state index contributed by atoms with van der Waals surface area (Å²) in [5.41, 5.74) is 1.50. The molecule has 3 rings (SSSR count). The summed E-state index contributed by atoms with van der Waals surface area (Å²) in [7, 11) is 3.56. The first kappa shape index (κ1) is 16.4. The Morgan fingerprint density at radius 2 is 1.96 bits per heavy atom. The van der Waals surface area contributed by atoms with Gasteiger partial charge in [0.05, 0.1) is 21.9 Å². The van der Waals surface area contributed by atoms with E-state index in [1.807, 2.05) is 0 Å². The smallest absolute Gasteiger partial charge is 0.279 e. The molecule has 2 aromatic carbocycles. The van der Waals surface area contributed by atoms with Crippen molar-refractivity contribution < 1.29 is 9.31 Å². The number of halogens is 2. The van der Waals surface area contributed by atoms with Gasteiger partial charge in [0.1, 0.15) is 5.82 Å². The Morgan fingerprint density at radius 1 is 1.25 bits per heavy atom. The SMILES string of the molecule is CN(C)C(c1c(F)cccc1Cl)c1c[nH]c2cccc([N+](=O)[O-])c12. The predicted octanol–water partition coefficient (Wildman–Crippen LogP) is 4.52. The summed E-state index contributed by atoms with van der Waals surface area (Å²) < 4.78 is 14.5. The van der Waals surface area contributed by atoms with Crippen molar-refractivity contribution in [3.63, 3.8) is 0 Å². The molecular weight excluding hydrogens is 333 g/mol. The van der Waals surface area contributed by atoms with Crippen LogP contribution < -0.4 is 0 Å². The van der Waals surface area contributed by atoms with Crippen molar-refractivity contribution >= 4 is 28.2 Å². The monoisotopic (exact) mass is 347 g/mol. The van der Waals surface area contributed by atoms with Gasteiger partial charge in [0.2, 0.25) is 0 Å². The molecule has 1 aromatic heterocycles. The van der Waals surface area contributed by atoms with Crippen LogP contribution in [0.5, 0.6) is 0 Å². The van der Waals surface area contributed by atoms with Gasteiger partial charge in [-0.15, -0.1) is 0 Å². The molecule has 0 spiro atoms. The normalized spacial score (nSPS) is 12.7. The molecule has 5 nitrogen and oxygen atoms in total. The van der Waals surface area contributed by atoms with Crippen molar-refractivity contribution in [2.75, 3.05) is 14.1 Å². The number of rotatable bonds is 4. The topological polar surface area (TPSA) is 62.2 Å². The number of hydrogen-bond donors (Lipinski definition) is 1. The van der Waals surface area contributed by atoms with E-state index in [1.54, 1.807) is 43.4 Å². The zero-order valence-electron chi connectivity index (χ0n) is 13.1. The van der Waals surface area contributed by atoms with Gasteiger partial charge in [0, 0.05) is 28.4 Å². The molecule has 3 aromatic rings. The number of nitrogens with zero attached hydrogens (tertiary/aromatic N) is 2. The van der Waals surface area contributed by atoms with E-state index >= 15 is 0 Å². The molecule has 1 heterocycles. The maximum atomic E-state index is 14.5. The Bertz CT molecular complexity index is 903. The molecular formula is C17H15ClFN3O2. The van der Waals surface area contributed by atoms with E-state index in [4.69, 9.17) is 11.6 Å². The van der Waals surface area contributed by atoms with Crippen LogP contribution in [0.2, 0.25) is 5.02 Å². The van der Waals surface area contributed by atoms with E-state index in [9.17, 15) is 14.5 Å². The highest BCUT2D eigenvalue weighted by Crippen LogP contribution is 2.39. The van der Waals surface area contributed by atoms with E-state index in [0.29, 0.717) is 22.0 Å². The summed E-state index contributed by atoms with van der Waals surface area (Å²) in [6.45, 7) is 0. The number of nitro groups is 1. The van der Waals surface area contributed by atoms with Crippen LogP contribution in [-0.4, -0.2) is 28.9 Å². The van der Waals surface area contributed by atoms with Crippen LogP contribution in [0.25, 0.3) is 10.9 Å². The van der Waals surface area contributed by atoms with Gasteiger partial charge in [-0.3, -0.25) is 15.0 Å². The van der Waals surface area contributed by atoms with E-state index in [0.717, 1.165) is 0 Å². The molecule has 0 saturated carbocycles. The largest absolute Gasteiger partial charge is 0.361 e. The number of hydrogen-bond acceptors (Lipinski definition) is 3. The molecule has 0 aliphatic heterocycles. The highest BCUT2D eigenvalue weighted by molar-refractivity contribution is 6.31. The lowest BCUT2D eigenvalue weighted by Gasteiger charge is -2.26. The van der Waals surface area contributed by atoms with Crippen molar-refractivity contribution in [3.05, 3.63) is 74.7 Å². The first-order valence-electron chi connectivity index (χ1n) is 7.26. The van der Waals surface area contributed by atoms with Gasteiger partial charge in [-0.05, 0) is 32.3 Å². The van der Waals surface area contributed by atoms with Gasteiger partial charge in [-0.2, -0.15) is 0 Å². The Kier molecular flexibility index (Phi) is 4.26. The third kappa shape index (κ3) is 2.64. The summed E-state index contributed by atoms with van der Waals surface area (Å²) in [4.78, 5) is 15.8. The van der Waals surface area contributed by atoms with E-state index in [-0.39, 0.29) is 10.7 Å². The summed E-state index contributed by atoms with van der Waals surface area (Å²) >= 11 is 6.23. The molecule has 0 radical (unpaired) electrons. The van der Waals surface area contributed by atoms with E-state index < -0.39 is 16.8 Å². The van der Waals surface area contributed by atoms with Crippen LogP contribution in [-0.2, 0) is 0 Å². The highest BCUT2D eigenvalue weighted by atomic mass is 35.5. The van der Waals surface area contributed by atoms with Crippen molar-refractivity contribution in [1.29, 1.82) is 0 Å². The number of aromatic amines is 1. The summed E-state index contributed by atoms with van der Waals surface area (Å²) in [5.74, 6) is -0.450. The minimum Gasteiger partial charge on any atom is -0.361 e. The minimum absolute atomic E-state index is 0.0249. The maximum absolute atomic E-state index is 14.5. The zero-order valence-corrected chi connectivity index (χ0v) is 13.8. The van der Waals surface area contributed by atoms with E-state index in [2.05, 4.69) is 4.98 Å². The Balaban J connectivity index is 2.32. The lowest BCUT2D eigenvalue weighted by atomic mass is 9.96. The van der Waals surface area contributed by atoms with Gasteiger partial charge >= 0.3 is 0 Å². The lowest BCUT2D eigenvalue weighted by molar-refractivity contribution is -0.383. The number of fused-ring (bicyclic) bond motifs is 1. The quantitative estimate of drug-likeness (QED) is 0.557. The van der Waals surface area contributed by atoms with Crippen LogP contribution in [0.15, 0.2) is 42.6 Å². The van der Waals surface area contributed by atoms with Crippen LogP contribution in [0.4, 0.5) is 10.1 Å². The Hall–Kier alpha value is -2.44. The average Bonchev–Trinajstić information content (AvgIpc) is 2.94. The summed E-state index contributed by atoms with van der Waals surface area (Å²) in [6, 6.07) is 8.72. The van der Waals surface area contributed by atoms with Crippen molar-refractivity contribution in [2.24, 2.45) is 0 Å². The second-order valence-corrected chi connectivity index (χ2v) is 6.11. The number of nitro benzene ring substituents is 1. The molecule has 0 amide bonds. The molecule has 7 heteroatoms. The van der Waals surface area contributed by atoms with Crippen LogP contribution in [0.1, 0.15) is 17.2 Å².